The van der Waals surface area contributed by atoms with Gasteiger partial charge in [-0.1, -0.05) is 64.8 Å². The van der Waals surface area contributed by atoms with Crippen molar-refractivity contribution in [1.82, 2.24) is 0 Å². The van der Waals surface area contributed by atoms with Crippen LogP contribution in [0.15, 0.2) is 24.3 Å². The van der Waals surface area contributed by atoms with E-state index in [9.17, 15) is 0 Å². The molecule has 1 heteroatoms. The van der Waals surface area contributed by atoms with E-state index in [1.54, 1.807) is 0 Å². The molecule has 0 saturated heterocycles. The van der Waals surface area contributed by atoms with Crippen molar-refractivity contribution in [2.45, 2.75) is 78.2 Å². The summed E-state index contributed by atoms with van der Waals surface area (Å²) in [4.78, 5) is 0. The highest BCUT2D eigenvalue weighted by atomic mass is 14.7. The van der Waals surface area contributed by atoms with Crippen molar-refractivity contribution in [3.8, 4) is 0 Å². The summed E-state index contributed by atoms with van der Waals surface area (Å²) >= 11 is 0. The predicted molar refractivity (Wildman–Crippen MR) is 92.3 cm³/mol. The van der Waals surface area contributed by atoms with Crippen LogP contribution in [0.5, 0.6) is 0 Å². The second-order valence-electron chi connectivity index (χ2n) is 8.10. The van der Waals surface area contributed by atoms with Gasteiger partial charge < -0.3 is 5.73 Å². The third kappa shape index (κ3) is 4.10. The van der Waals surface area contributed by atoms with Crippen LogP contribution < -0.4 is 5.73 Å². The summed E-state index contributed by atoms with van der Waals surface area (Å²) in [5.74, 6) is 0.808. The molecule has 2 rings (SSSR count). The van der Waals surface area contributed by atoms with Crippen molar-refractivity contribution in [2.24, 2.45) is 17.1 Å². The van der Waals surface area contributed by atoms with Crippen LogP contribution >= 0.6 is 0 Å². The van der Waals surface area contributed by atoms with Gasteiger partial charge in [0.2, 0.25) is 0 Å². The number of aryl methyl sites for hydroxylation is 1. The van der Waals surface area contributed by atoms with Gasteiger partial charge >= 0.3 is 0 Å². The Morgan fingerprint density at radius 1 is 1.10 bits per heavy atom. The fourth-order valence-corrected chi connectivity index (χ4v) is 3.81. The minimum absolute atomic E-state index is 0.106. The molecule has 1 saturated carbocycles. The molecular formula is C20H33N. The van der Waals surface area contributed by atoms with Crippen LogP contribution in [0.2, 0.25) is 0 Å². The van der Waals surface area contributed by atoms with Gasteiger partial charge in [0, 0.05) is 5.54 Å². The van der Waals surface area contributed by atoms with Crippen molar-refractivity contribution < 1.29 is 0 Å². The van der Waals surface area contributed by atoms with Crippen LogP contribution in [0.3, 0.4) is 0 Å². The van der Waals surface area contributed by atoms with Crippen LogP contribution in [0.25, 0.3) is 0 Å². The average Bonchev–Trinajstić information content (AvgIpc) is 2.62. The van der Waals surface area contributed by atoms with Gasteiger partial charge in [-0.25, -0.2) is 0 Å². The Morgan fingerprint density at radius 3 is 2.33 bits per heavy atom. The fraction of sp³-hybridized carbons (Fsp3) is 0.700. The summed E-state index contributed by atoms with van der Waals surface area (Å²) in [6, 6.07) is 9.12. The third-order valence-corrected chi connectivity index (χ3v) is 5.41. The quantitative estimate of drug-likeness (QED) is 0.738. The second kappa shape index (κ2) is 6.52. The van der Waals surface area contributed by atoms with E-state index in [4.69, 9.17) is 5.73 Å². The Hall–Kier alpha value is -0.820. The lowest BCUT2D eigenvalue weighted by Crippen LogP contribution is -2.36. The van der Waals surface area contributed by atoms with Crippen LogP contribution in [-0.2, 0) is 12.0 Å². The molecular weight excluding hydrogens is 254 g/mol. The van der Waals surface area contributed by atoms with Crippen molar-refractivity contribution >= 4 is 0 Å². The first kappa shape index (κ1) is 16.5. The molecule has 1 aromatic carbocycles. The van der Waals surface area contributed by atoms with E-state index < -0.39 is 0 Å². The highest BCUT2D eigenvalue weighted by Gasteiger charge is 2.34. The van der Waals surface area contributed by atoms with E-state index in [1.165, 1.54) is 43.2 Å². The molecule has 0 aliphatic heterocycles. The highest BCUT2D eigenvalue weighted by molar-refractivity contribution is 5.28. The number of nitrogens with two attached hydrogens (primary N) is 1. The zero-order valence-corrected chi connectivity index (χ0v) is 14.4. The van der Waals surface area contributed by atoms with Crippen molar-refractivity contribution in [3.63, 3.8) is 0 Å². The zero-order valence-electron chi connectivity index (χ0n) is 14.4. The maximum Gasteiger partial charge on any atom is 0.0409 e. The predicted octanol–water partition coefficient (Wildman–Crippen LogP) is 5.42. The van der Waals surface area contributed by atoms with Crippen molar-refractivity contribution in [1.29, 1.82) is 0 Å². The Kier molecular flexibility index (Phi) is 5.14. The first-order valence-electron chi connectivity index (χ1n) is 8.73. The lowest BCUT2D eigenvalue weighted by Gasteiger charge is -2.32. The topological polar surface area (TPSA) is 26.0 Å². The molecule has 2 N–H and O–H groups in total. The van der Waals surface area contributed by atoms with Gasteiger partial charge in [-0.2, -0.15) is 0 Å². The number of rotatable bonds is 3. The van der Waals surface area contributed by atoms with Gasteiger partial charge in [0.1, 0.15) is 0 Å². The molecule has 2 unspecified atom stereocenters. The Morgan fingerprint density at radius 2 is 1.76 bits per heavy atom. The monoisotopic (exact) mass is 287 g/mol. The molecule has 1 aromatic rings. The minimum atomic E-state index is -0.106. The van der Waals surface area contributed by atoms with Gasteiger partial charge in [0.15, 0.2) is 0 Å². The maximum absolute atomic E-state index is 6.81. The molecule has 0 bridgehead atoms. The van der Waals surface area contributed by atoms with E-state index in [0.717, 1.165) is 18.8 Å². The molecule has 0 heterocycles. The molecule has 0 spiro atoms. The lowest BCUT2D eigenvalue weighted by molar-refractivity contribution is 0.211. The first-order chi connectivity index (χ1) is 9.85. The van der Waals surface area contributed by atoms with E-state index in [0.29, 0.717) is 5.41 Å². The van der Waals surface area contributed by atoms with E-state index in [-0.39, 0.29) is 5.54 Å². The van der Waals surface area contributed by atoms with Gasteiger partial charge in [0.25, 0.3) is 0 Å². The number of hydrogen-bond acceptors (Lipinski definition) is 1. The van der Waals surface area contributed by atoms with Crippen molar-refractivity contribution in [3.05, 3.63) is 35.4 Å². The number of benzene rings is 1. The van der Waals surface area contributed by atoms with Gasteiger partial charge in [-0.15, -0.1) is 0 Å². The summed E-state index contributed by atoms with van der Waals surface area (Å²) < 4.78 is 0. The SMILES string of the molecule is CCCc1ccc(C2(N)CCCC(C(C)(C)C)CC2)cc1. The Balaban J connectivity index is 2.11. The molecule has 2 atom stereocenters. The van der Waals surface area contributed by atoms with E-state index in [2.05, 4.69) is 52.0 Å². The van der Waals surface area contributed by atoms with E-state index in [1.807, 2.05) is 0 Å². The van der Waals surface area contributed by atoms with Gasteiger partial charge in [-0.05, 0) is 54.6 Å². The molecule has 118 valence electrons. The van der Waals surface area contributed by atoms with Crippen LogP contribution in [0.4, 0.5) is 0 Å². The molecule has 0 amide bonds. The normalized spacial score (nSPS) is 27.4. The number of hydrogen-bond donors (Lipinski definition) is 1. The molecule has 1 aliphatic carbocycles. The van der Waals surface area contributed by atoms with Crippen LogP contribution in [0.1, 0.15) is 77.3 Å². The Labute approximate surface area is 131 Å². The Bertz CT molecular complexity index is 440. The molecule has 0 aromatic heterocycles. The third-order valence-electron chi connectivity index (χ3n) is 5.41. The smallest absolute Gasteiger partial charge is 0.0409 e. The highest BCUT2D eigenvalue weighted by Crippen LogP contribution is 2.42. The lowest BCUT2D eigenvalue weighted by atomic mass is 9.75. The summed E-state index contributed by atoms with van der Waals surface area (Å²) in [6.07, 6.45) is 8.49. The van der Waals surface area contributed by atoms with E-state index >= 15 is 0 Å². The standard InChI is InChI=1S/C20H33N/c1-5-7-16-9-11-18(12-10-16)20(21)14-6-8-17(13-15-20)19(2,3)4/h9-12,17H,5-8,13-15,21H2,1-4H3. The molecule has 1 fully saturated rings. The van der Waals surface area contributed by atoms with Crippen LogP contribution in [-0.4, -0.2) is 0 Å². The zero-order chi connectivity index (χ0) is 15.5. The largest absolute Gasteiger partial charge is 0.321 e. The van der Waals surface area contributed by atoms with Gasteiger partial charge in [-0.3, -0.25) is 0 Å². The molecule has 21 heavy (non-hydrogen) atoms. The summed E-state index contributed by atoms with van der Waals surface area (Å²) in [7, 11) is 0. The minimum Gasteiger partial charge on any atom is -0.321 e. The summed E-state index contributed by atoms with van der Waals surface area (Å²) in [5, 5.41) is 0. The fourth-order valence-electron chi connectivity index (χ4n) is 3.81. The maximum atomic E-state index is 6.81. The van der Waals surface area contributed by atoms with Gasteiger partial charge in [0.05, 0.1) is 0 Å². The van der Waals surface area contributed by atoms with Crippen molar-refractivity contribution in [2.75, 3.05) is 0 Å². The molecule has 0 radical (unpaired) electrons. The first-order valence-corrected chi connectivity index (χ1v) is 8.73. The van der Waals surface area contributed by atoms with Crippen LogP contribution in [0, 0.1) is 11.3 Å². The second-order valence-corrected chi connectivity index (χ2v) is 8.10. The average molecular weight is 287 g/mol. The summed E-state index contributed by atoms with van der Waals surface area (Å²) in [6.45, 7) is 9.36. The molecule has 1 aliphatic rings. The summed E-state index contributed by atoms with van der Waals surface area (Å²) in [5.41, 5.74) is 9.90. The molecule has 1 nitrogen and oxygen atoms in total.